The number of nitrogens with zero attached hydrogens (tertiary/aromatic N) is 1. The van der Waals surface area contributed by atoms with Crippen LogP contribution in [-0.4, -0.2) is 30.6 Å². The van der Waals surface area contributed by atoms with Gasteiger partial charge in [0.1, 0.15) is 11.0 Å². The van der Waals surface area contributed by atoms with Crippen LogP contribution in [0, 0.1) is 42.4 Å². The van der Waals surface area contributed by atoms with E-state index in [-0.39, 0.29) is 18.7 Å². The Balaban J connectivity index is 1.33. The molecule has 2 atom stereocenters. The third kappa shape index (κ3) is 4.88. The van der Waals surface area contributed by atoms with Crippen LogP contribution in [0.4, 0.5) is 0 Å². The van der Waals surface area contributed by atoms with Crippen LogP contribution >= 0.6 is 7.92 Å². The molecule has 2 aromatic carbocycles. The van der Waals surface area contributed by atoms with E-state index in [1.54, 1.807) is 5.30 Å². The number of hydrogen-bond donors (Lipinski definition) is 0. The molecule has 8 saturated carbocycles. The molecule has 0 amide bonds. The summed E-state index contributed by atoms with van der Waals surface area (Å²) in [6.07, 6.45) is 18.1. The predicted molar refractivity (Wildman–Crippen MR) is 183 cm³/mol. The Hall–Kier alpha value is -1.02. The van der Waals surface area contributed by atoms with Crippen molar-refractivity contribution in [3.05, 3.63) is 65.2 Å². The van der Waals surface area contributed by atoms with Crippen LogP contribution in [0.5, 0.6) is 0 Å². The molecule has 10 rings (SSSR count). The minimum Gasteiger partial charge on any atom is -0.242 e. The average molecular weight is 616 g/mol. The minimum atomic E-state index is -1.12. The highest BCUT2D eigenvalue weighted by molar-refractivity contribution is 7.84. The van der Waals surface area contributed by atoms with Gasteiger partial charge in [-0.2, -0.15) is 0 Å². The van der Waals surface area contributed by atoms with Gasteiger partial charge < -0.3 is 0 Å². The number of benzene rings is 2. The highest BCUT2D eigenvalue weighted by Crippen LogP contribution is 2.78. The van der Waals surface area contributed by atoms with E-state index in [0.717, 1.165) is 35.5 Å². The first-order chi connectivity index (χ1) is 20.5. The van der Waals surface area contributed by atoms with E-state index >= 15 is 0 Å². The third-order valence-electron chi connectivity index (χ3n) is 13.1. The maximum atomic E-state index is 14.2. The second-order valence-electron chi connectivity index (χ2n) is 17.3. The standard InChI is InChI=1S/C39H54NOPS/c1-26-10-6-7-11-33(26)36(40(5)43(41)37(2,3)4)34-12-8-9-13-35(34)42(38-20-27-14-28(21-38)16-29(15-27)22-38)39-23-30-17-31(24-39)19-32(18-30)25-39/h6-13,27-32,36H,14-25H2,1-5H3/t27?,28?,29?,30?,31?,32?,36-,38?,39?,42?,43?/m0/s1. The van der Waals surface area contributed by atoms with Crippen LogP contribution in [0.1, 0.15) is 121 Å². The Kier molecular flexibility index (Phi) is 7.18. The molecule has 8 fully saturated rings. The predicted octanol–water partition coefficient (Wildman–Crippen LogP) is 9.52. The van der Waals surface area contributed by atoms with Crippen molar-refractivity contribution in [3.63, 3.8) is 0 Å². The van der Waals surface area contributed by atoms with E-state index in [1.807, 2.05) is 0 Å². The van der Waals surface area contributed by atoms with Crippen molar-refractivity contribution in [2.45, 2.75) is 126 Å². The lowest BCUT2D eigenvalue weighted by Gasteiger charge is -2.67. The topological polar surface area (TPSA) is 20.3 Å². The molecular weight excluding hydrogens is 561 g/mol. The van der Waals surface area contributed by atoms with E-state index in [1.165, 1.54) is 93.7 Å². The first-order valence-corrected chi connectivity index (χ1v) is 20.1. The first kappa shape index (κ1) is 29.4. The van der Waals surface area contributed by atoms with Gasteiger partial charge in [-0.3, -0.25) is 0 Å². The van der Waals surface area contributed by atoms with Crippen molar-refractivity contribution in [2.24, 2.45) is 35.5 Å². The molecule has 1 unspecified atom stereocenters. The monoisotopic (exact) mass is 615 g/mol. The molecule has 0 aliphatic heterocycles. The highest BCUT2D eigenvalue weighted by Gasteiger charge is 2.63. The van der Waals surface area contributed by atoms with Gasteiger partial charge in [0.2, 0.25) is 0 Å². The minimum absolute atomic E-state index is 0.00489. The number of hydrogen-bond acceptors (Lipinski definition) is 1. The SMILES string of the molecule is Cc1ccccc1[C@@H](c1ccccc1P(C12CC3CC(CC(C3)C1)C2)C12CC3CC(CC(C3)C1)C2)N(C)S(=O)C(C)(C)C. The summed E-state index contributed by atoms with van der Waals surface area (Å²) in [5, 5.41) is 2.75. The number of rotatable bonds is 7. The Morgan fingerprint density at radius 1 is 0.698 bits per heavy atom. The Morgan fingerprint density at radius 2 is 1.09 bits per heavy atom. The fraction of sp³-hybridized carbons (Fsp3) is 0.692. The summed E-state index contributed by atoms with van der Waals surface area (Å²) in [4.78, 5) is 0. The van der Waals surface area contributed by atoms with Crippen LogP contribution in [0.3, 0.4) is 0 Å². The maximum absolute atomic E-state index is 14.2. The van der Waals surface area contributed by atoms with Crippen molar-refractivity contribution in [2.75, 3.05) is 7.05 Å². The van der Waals surface area contributed by atoms with E-state index in [2.05, 4.69) is 87.6 Å². The van der Waals surface area contributed by atoms with Crippen LogP contribution in [0.15, 0.2) is 48.5 Å². The van der Waals surface area contributed by atoms with Gasteiger partial charge >= 0.3 is 0 Å². The van der Waals surface area contributed by atoms with Gasteiger partial charge in [0.25, 0.3) is 0 Å². The molecule has 8 aliphatic carbocycles. The van der Waals surface area contributed by atoms with Crippen LogP contribution in [0.25, 0.3) is 0 Å². The van der Waals surface area contributed by atoms with Gasteiger partial charge in [-0.1, -0.05) is 56.5 Å². The molecule has 8 bridgehead atoms. The summed E-state index contributed by atoms with van der Waals surface area (Å²) in [6.45, 7) is 8.67. The average Bonchev–Trinajstić information content (AvgIpc) is 2.92. The summed E-state index contributed by atoms with van der Waals surface area (Å²) in [5.74, 6) is 5.84. The van der Waals surface area contributed by atoms with E-state index in [0.29, 0.717) is 10.3 Å². The highest BCUT2D eigenvalue weighted by atomic mass is 32.2. The van der Waals surface area contributed by atoms with E-state index < -0.39 is 11.0 Å². The largest absolute Gasteiger partial charge is 0.242 e. The zero-order valence-electron chi connectivity index (χ0n) is 27.4. The molecule has 0 saturated heterocycles. The van der Waals surface area contributed by atoms with Crippen LogP contribution in [-0.2, 0) is 11.0 Å². The molecule has 0 radical (unpaired) electrons. The quantitative estimate of drug-likeness (QED) is 0.284. The number of aryl methyl sites for hydroxylation is 1. The Bertz CT molecular complexity index is 1290. The molecular formula is C39H54NOPS. The van der Waals surface area contributed by atoms with Crippen molar-refractivity contribution in [3.8, 4) is 0 Å². The van der Waals surface area contributed by atoms with Gasteiger partial charge in [-0.25, -0.2) is 8.51 Å². The molecule has 8 aliphatic rings. The van der Waals surface area contributed by atoms with Gasteiger partial charge in [0.05, 0.1) is 10.8 Å². The normalized spacial score (nSPS) is 39.8. The van der Waals surface area contributed by atoms with Crippen molar-refractivity contribution in [1.29, 1.82) is 0 Å². The molecule has 4 heteroatoms. The Labute approximate surface area is 265 Å². The van der Waals surface area contributed by atoms with Crippen molar-refractivity contribution < 1.29 is 4.21 Å². The zero-order chi connectivity index (χ0) is 29.7. The van der Waals surface area contributed by atoms with Crippen LogP contribution < -0.4 is 5.30 Å². The summed E-state index contributed by atoms with van der Waals surface area (Å²) in [6, 6.07) is 18.7. The zero-order valence-corrected chi connectivity index (χ0v) is 29.1. The fourth-order valence-electron chi connectivity index (χ4n) is 12.6. The van der Waals surface area contributed by atoms with Crippen molar-refractivity contribution >= 4 is 24.2 Å². The molecule has 232 valence electrons. The van der Waals surface area contributed by atoms with E-state index in [4.69, 9.17) is 0 Å². The molecule has 0 N–H and O–H groups in total. The van der Waals surface area contributed by atoms with Crippen LogP contribution in [0.2, 0.25) is 0 Å². The van der Waals surface area contributed by atoms with Gasteiger partial charge in [0.15, 0.2) is 0 Å². The lowest BCUT2D eigenvalue weighted by atomic mass is 9.55. The lowest BCUT2D eigenvalue weighted by Crippen LogP contribution is -2.58. The third-order valence-corrected chi connectivity index (χ3v) is 18.7. The van der Waals surface area contributed by atoms with E-state index in [9.17, 15) is 4.21 Å². The van der Waals surface area contributed by atoms with Gasteiger partial charge in [-0.05, 0) is 173 Å². The summed E-state index contributed by atoms with van der Waals surface area (Å²) < 4.78 is 16.2. The second-order valence-corrected chi connectivity index (χ2v) is 22.7. The van der Waals surface area contributed by atoms with Crippen molar-refractivity contribution in [1.82, 2.24) is 4.31 Å². The molecule has 2 aromatic rings. The summed E-state index contributed by atoms with van der Waals surface area (Å²) >= 11 is 0. The first-order valence-electron chi connectivity index (χ1n) is 17.6. The second kappa shape index (κ2) is 10.5. The molecule has 0 spiro atoms. The molecule has 2 nitrogen and oxygen atoms in total. The maximum Gasteiger partial charge on any atom is 0.100 e. The Morgan fingerprint density at radius 3 is 1.51 bits per heavy atom. The van der Waals surface area contributed by atoms with Gasteiger partial charge in [0, 0.05) is 7.05 Å². The molecule has 0 aromatic heterocycles. The summed E-state index contributed by atoms with van der Waals surface area (Å²) in [5.41, 5.74) is 4.13. The fourth-order valence-corrected chi connectivity index (χ4v) is 19.2. The van der Waals surface area contributed by atoms with Gasteiger partial charge in [-0.15, -0.1) is 0 Å². The molecule has 43 heavy (non-hydrogen) atoms. The smallest absolute Gasteiger partial charge is 0.100 e. The molecule has 0 heterocycles. The lowest BCUT2D eigenvalue weighted by molar-refractivity contribution is 0.0195. The summed E-state index contributed by atoms with van der Waals surface area (Å²) in [7, 11) is 0.668.